The quantitative estimate of drug-likeness (QED) is 0.833. The zero-order valence-electron chi connectivity index (χ0n) is 9.02. The molecule has 0 aliphatic rings. The molecule has 92 valence electrons. The van der Waals surface area contributed by atoms with Crippen molar-refractivity contribution in [1.29, 1.82) is 0 Å². The molecule has 1 aromatic carbocycles. The Morgan fingerprint density at radius 1 is 1.33 bits per heavy atom. The number of halogens is 2. The van der Waals surface area contributed by atoms with Gasteiger partial charge in [-0.15, -0.1) is 0 Å². The third-order valence-corrected chi connectivity index (χ3v) is 2.53. The van der Waals surface area contributed by atoms with E-state index < -0.39 is 11.7 Å². The van der Waals surface area contributed by atoms with Crippen molar-refractivity contribution in [3.05, 3.63) is 46.6 Å². The Hall–Kier alpha value is -2.02. The lowest BCUT2D eigenvalue weighted by Gasteiger charge is -2.06. The number of hydrogen-bond donors (Lipinski definition) is 2. The minimum Gasteiger partial charge on any atom is -0.398 e. The number of carbonyl (C=O) groups is 1. The van der Waals surface area contributed by atoms with Crippen molar-refractivity contribution in [2.45, 2.75) is 0 Å². The number of nitrogen functional groups attached to an aromatic ring is 1. The molecule has 1 heterocycles. The fourth-order valence-corrected chi connectivity index (χ4v) is 1.49. The number of amides is 1. The number of nitrogens with two attached hydrogens (primary N) is 1. The van der Waals surface area contributed by atoms with Gasteiger partial charge in [-0.2, -0.15) is 0 Å². The average molecular weight is 311 g/mol. The number of rotatable bonds is 2. The Balaban J connectivity index is 2.21. The smallest absolute Gasteiger partial charge is 0.259 e. The second-order valence-corrected chi connectivity index (χ2v) is 4.22. The van der Waals surface area contributed by atoms with Crippen molar-refractivity contribution in [2.75, 3.05) is 11.1 Å². The topological polar surface area (TPSA) is 80.9 Å². The van der Waals surface area contributed by atoms with Gasteiger partial charge in [-0.05, 0) is 34.1 Å². The van der Waals surface area contributed by atoms with Crippen LogP contribution in [0.15, 0.2) is 35.2 Å². The van der Waals surface area contributed by atoms with Crippen LogP contribution in [0.2, 0.25) is 0 Å². The summed E-state index contributed by atoms with van der Waals surface area (Å²) in [5, 5.41) is 2.47. The molecule has 3 N–H and O–H groups in total. The fourth-order valence-electron chi connectivity index (χ4n) is 1.29. The summed E-state index contributed by atoms with van der Waals surface area (Å²) in [6.45, 7) is 0. The summed E-state index contributed by atoms with van der Waals surface area (Å²) in [6.07, 6.45) is 2.81. The van der Waals surface area contributed by atoms with E-state index in [-0.39, 0.29) is 17.1 Å². The van der Waals surface area contributed by atoms with Gasteiger partial charge < -0.3 is 11.1 Å². The summed E-state index contributed by atoms with van der Waals surface area (Å²) in [5.74, 6) is -0.813. The normalized spacial score (nSPS) is 10.1. The highest BCUT2D eigenvalue weighted by molar-refractivity contribution is 9.10. The Morgan fingerprint density at radius 2 is 2.11 bits per heavy atom. The van der Waals surface area contributed by atoms with Gasteiger partial charge >= 0.3 is 0 Å². The predicted molar refractivity (Wildman–Crippen MR) is 68.5 cm³/mol. The minimum absolute atomic E-state index is 0.0553. The van der Waals surface area contributed by atoms with E-state index in [9.17, 15) is 9.18 Å². The van der Waals surface area contributed by atoms with Crippen LogP contribution >= 0.6 is 15.9 Å². The molecule has 0 radical (unpaired) electrons. The Kier molecular flexibility index (Phi) is 3.52. The maximum absolute atomic E-state index is 13.0. The zero-order valence-corrected chi connectivity index (χ0v) is 10.6. The van der Waals surface area contributed by atoms with E-state index >= 15 is 0 Å². The molecule has 0 saturated carbocycles. The Bertz CT molecular complexity index is 588. The number of anilines is 2. The zero-order chi connectivity index (χ0) is 13.1. The van der Waals surface area contributed by atoms with Crippen molar-refractivity contribution in [3.63, 3.8) is 0 Å². The van der Waals surface area contributed by atoms with Crippen molar-refractivity contribution < 1.29 is 9.18 Å². The summed E-state index contributed by atoms with van der Waals surface area (Å²) < 4.78 is 13.6. The molecule has 18 heavy (non-hydrogen) atoms. The fraction of sp³-hybridized carbons (Fsp3) is 0. The average Bonchev–Trinajstić information content (AvgIpc) is 2.35. The molecule has 0 atom stereocenters. The monoisotopic (exact) mass is 310 g/mol. The Morgan fingerprint density at radius 3 is 2.78 bits per heavy atom. The molecule has 2 rings (SSSR count). The van der Waals surface area contributed by atoms with E-state index in [0.29, 0.717) is 4.60 Å². The van der Waals surface area contributed by atoms with Crippen molar-refractivity contribution >= 4 is 33.3 Å². The molecule has 0 aliphatic heterocycles. The predicted octanol–water partition coefficient (Wildman–Crippen LogP) is 2.21. The number of nitrogens with zero attached hydrogens (tertiary/aromatic N) is 2. The highest BCUT2D eigenvalue weighted by Gasteiger charge is 2.11. The van der Waals surface area contributed by atoms with Gasteiger partial charge in [-0.3, -0.25) is 4.79 Å². The van der Waals surface area contributed by atoms with Gasteiger partial charge in [0.2, 0.25) is 0 Å². The van der Waals surface area contributed by atoms with Gasteiger partial charge in [-0.25, -0.2) is 14.4 Å². The van der Waals surface area contributed by atoms with E-state index in [1.807, 2.05) is 0 Å². The second kappa shape index (κ2) is 5.09. The van der Waals surface area contributed by atoms with Crippen LogP contribution in [0.4, 0.5) is 15.9 Å². The van der Waals surface area contributed by atoms with Crippen LogP contribution in [0, 0.1) is 5.82 Å². The summed E-state index contributed by atoms with van der Waals surface area (Å²) in [7, 11) is 0. The van der Waals surface area contributed by atoms with Gasteiger partial charge in [0.15, 0.2) is 5.82 Å². The first-order valence-electron chi connectivity index (χ1n) is 4.90. The van der Waals surface area contributed by atoms with Gasteiger partial charge in [-0.1, -0.05) is 0 Å². The lowest BCUT2D eigenvalue weighted by molar-refractivity contribution is 0.102. The van der Waals surface area contributed by atoms with Crippen molar-refractivity contribution in [1.82, 2.24) is 9.97 Å². The maximum Gasteiger partial charge on any atom is 0.259 e. The van der Waals surface area contributed by atoms with Crippen LogP contribution < -0.4 is 11.1 Å². The largest absolute Gasteiger partial charge is 0.398 e. The lowest BCUT2D eigenvalue weighted by Crippen LogP contribution is -2.15. The van der Waals surface area contributed by atoms with E-state index in [4.69, 9.17) is 5.73 Å². The van der Waals surface area contributed by atoms with Crippen LogP contribution in [0.3, 0.4) is 0 Å². The number of benzene rings is 1. The standard InChI is InChI=1S/C11H8BrFN4O/c12-9-4-16-10(5-15-9)17-11(18)7-3-6(13)1-2-8(7)14/h1-5H,14H2,(H,16,17,18). The van der Waals surface area contributed by atoms with E-state index in [1.165, 1.54) is 24.5 Å². The maximum atomic E-state index is 13.0. The number of hydrogen-bond acceptors (Lipinski definition) is 4. The Labute approximate surface area is 110 Å². The molecule has 0 fully saturated rings. The van der Waals surface area contributed by atoms with Crippen LogP contribution in [0.5, 0.6) is 0 Å². The van der Waals surface area contributed by atoms with E-state index in [1.54, 1.807) is 0 Å². The molecule has 0 unspecified atom stereocenters. The lowest BCUT2D eigenvalue weighted by atomic mass is 10.1. The van der Waals surface area contributed by atoms with Crippen LogP contribution in [-0.2, 0) is 0 Å². The van der Waals surface area contributed by atoms with Gasteiger partial charge in [0.05, 0.1) is 18.0 Å². The summed E-state index contributed by atoms with van der Waals surface area (Å²) in [6, 6.07) is 3.58. The molecule has 1 aromatic heterocycles. The molecule has 0 spiro atoms. The SMILES string of the molecule is Nc1ccc(F)cc1C(=O)Nc1cnc(Br)cn1. The molecule has 1 amide bonds. The van der Waals surface area contributed by atoms with Crippen LogP contribution in [0.25, 0.3) is 0 Å². The minimum atomic E-state index is -0.538. The summed E-state index contributed by atoms with van der Waals surface area (Å²) in [5.41, 5.74) is 5.85. The van der Waals surface area contributed by atoms with Gasteiger partial charge in [0, 0.05) is 5.69 Å². The summed E-state index contributed by atoms with van der Waals surface area (Å²) in [4.78, 5) is 19.7. The third kappa shape index (κ3) is 2.80. The molecule has 0 aliphatic carbocycles. The molecule has 7 heteroatoms. The summed E-state index contributed by atoms with van der Waals surface area (Å²) >= 11 is 3.12. The second-order valence-electron chi connectivity index (χ2n) is 3.41. The van der Waals surface area contributed by atoms with E-state index in [0.717, 1.165) is 6.07 Å². The van der Waals surface area contributed by atoms with Crippen LogP contribution in [0.1, 0.15) is 10.4 Å². The molecule has 2 aromatic rings. The van der Waals surface area contributed by atoms with Gasteiger partial charge in [0.1, 0.15) is 10.4 Å². The first-order chi connectivity index (χ1) is 8.56. The molecular formula is C11H8BrFN4O. The van der Waals surface area contributed by atoms with Crippen LogP contribution in [-0.4, -0.2) is 15.9 Å². The highest BCUT2D eigenvalue weighted by Crippen LogP contribution is 2.15. The van der Waals surface area contributed by atoms with Crippen molar-refractivity contribution in [2.24, 2.45) is 0 Å². The first kappa shape index (κ1) is 12.4. The number of nitrogens with one attached hydrogen (secondary N) is 1. The molecular weight excluding hydrogens is 303 g/mol. The number of aromatic nitrogens is 2. The highest BCUT2D eigenvalue weighted by atomic mass is 79.9. The van der Waals surface area contributed by atoms with Crippen molar-refractivity contribution in [3.8, 4) is 0 Å². The van der Waals surface area contributed by atoms with Gasteiger partial charge in [0.25, 0.3) is 5.91 Å². The molecule has 0 bridgehead atoms. The number of carbonyl (C=O) groups excluding carboxylic acids is 1. The van der Waals surface area contributed by atoms with E-state index in [2.05, 4.69) is 31.2 Å². The first-order valence-corrected chi connectivity index (χ1v) is 5.69. The molecule has 5 nitrogen and oxygen atoms in total. The third-order valence-electron chi connectivity index (χ3n) is 2.12. The molecule has 0 saturated heterocycles.